The van der Waals surface area contributed by atoms with Crippen molar-refractivity contribution in [2.75, 3.05) is 9.44 Å². The van der Waals surface area contributed by atoms with Crippen molar-refractivity contribution in [2.24, 2.45) is 7.05 Å². The number of nitrogens with one attached hydrogen (secondary N) is 2. The molecular weight excluding hydrogens is 452 g/mol. The number of hydrogen-bond donors (Lipinski definition) is 2. The number of benzene rings is 2. The fraction of sp³-hybridized carbons (Fsp3) is 0.0500. The highest BCUT2D eigenvalue weighted by Gasteiger charge is 2.24. The van der Waals surface area contributed by atoms with Gasteiger partial charge in [-0.25, -0.2) is 31.5 Å². The molecule has 0 bridgehead atoms. The summed E-state index contributed by atoms with van der Waals surface area (Å²) in [5.74, 6) is -0.0673. The number of aromatic nitrogens is 4. The minimum absolute atomic E-state index is 0.00536. The summed E-state index contributed by atoms with van der Waals surface area (Å²) in [4.78, 5) is 7.58. The first-order valence-electron chi connectivity index (χ1n) is 9.26. The summed E-state index contributed by atoms with van der Waals surface area (Å²) >= 11 is 0. The average Bonchev–Trinajstić information content (AvgIpc) is 3.18. The number of anilines is 2. The second-order valence-corrected chi connectivity index (χ2v) is 10.0. The number of rotatable bonds is 7. The van der Waals surface area contributed by atoms with Crippen molar-refractivity contribution in [2.45, 2.75) is 9.79 Å². The number of hydrogen-bond acceptors (Lipinski definition) is 7. The van der Waals surface area contributed by atoms with Gasteiger partial charge in [-0.3, -0.25) is 9.40 Å². The van der Waals surface area contributed by atoms with Gasteiger partial charge in [-0.1, -0.05) is 30.3 Å². The molecule has 0 saturated carbocycles. The van der Waals surface area contributed by atoms with Crippen LogP contribution < -0.4 is 9.44 Å². The van der Waals surface area contributed by atoms with E-state index in [1.54, 1.807) is 37.4 Å². The van der Waals surface area contributed by atoms with Gasteiger partial charge < -0.3 is 0 Å². The first-order chi connectivity index (χ1) is 15.2. The maximum absolute atomic E-state index is 13.0. The Kier molecular flexibility index (Phi) is 5.63. The van der Waals surface area contributed by atoms with Gasteiger partial charge in [-0.2, -0.15) is 5.10 Å². The first-order valence-corrected chi connectivity index (χ1v) is 12.2. The zero-order valence-electron chi connectivity index (χ0n) is 16.7. The van der Waals surface area contributed by atoms with Crippen LogP contribution in [0.25, 0.3) is 11.3 Å². The van der Waals surface area contributed by atoms with Gasteiger partial charge in [-0.05, 0) is 30.3 Å². The summed E-state index contributed by atoms with van der Waals surface area (Å²) in [6.45, 7) is 0. The van der Waals surface area contributed by atoms with E-state index in [9.17, 15) is 16.8 Å². The molecule has 0 spiro atoms. The Morgan fingerprint density at radius 2 is 1.44 bits per heavy atom. The summed E-state index contributed by atoms with van der Waals surface area (Å²) in [5.41, 5.74) is 1.17. The van der Waals surface area contributed by atoms with Gasteiger partial charge >= 0.3 is 0 Å². The Balaban J connectivity index is 1.58. The molecule has 2 heterocycles. The van der Waals surface area contributed by atoms with Crippen molar-refractivity contribution in [3.63, 3.8) is 0 Å². The zero-order chi connectivity index (χ0) is 22.8. The van der Waals surface area contributed by atoms with Crippen molar-refractivity contribution >= 4 is 31.7 Å². The van der Waals surface area contributed by atoms with Crippen molar-refractivity contribution in [3.05, 3.63) is 79.3 Å². The van der Waals surface area contributed by atoms with Gasteiger partial charge in [0.25, 0.3) is 20.0 Å². The van der Waals surface area contributed by atoms with Crippen LogP contribution in [0.3, 0.4) is 0 Å². The summed E-state index contributed by atoms with van der Waals surface area (Å²) in [6.07, 6.45) is 4.23. The highest BCUT2D eigenvalue weighted by Crippen LogP contribution is 2.27. The van der Waals surface area contributed by atoms with Gasteiger partial charge in [0.05, 0.1) is 4.90 Å². The number of nitrogens with zero attached hydrogens (tertiary/aromatic N) is 4. The third kappa shape index (κ3) is 4.60. The van der Waals surface area contributed by atoms with Crippen LogP contribution in [0.4, 0.5) is 11.6 Å². The molecule has 2 aromatic carbocycles. The third-order valence-corrected chi connectivity index (χ3v) is 7.07. The quantitative estimate of drug-likeness (QED) is 0.423. The molecule has 0 aliphatic heterocycles. The number of sulfonamides is 2. The molecule has 0 unspecified atom stereocenters. The first kappa shape index (κ1) is 21.5. The maximum Gasteiger partial charge on any atom is 0.265 e. The topological polar surface area (TPSA) is 136 Å². The maximum atomic E-state index is 13.0. The van der Waals surface area contributed by atoms with Crippen LogP contribution in [-0.2, 0) is 27.1 Å². The summed E-state index contributed by atoms with van der Waals surface area (Å²) < 4.78 is 57.1. The van der Waals surface area contributed by atoms with E-state index in [4.69, 9.17) is 0 Å². The molecule has 0 aliphatic rings. The van der Waals surface area contributed by atoms with E-state index >= 15 is 0 Å². The summed E-state index contributed by atoms with van der Waals surface area (Å²) in [7, 11) is -6.28. The van der Waals surface area contributed by atoms with Crippen molar-refractivity contribution in [3.8, 4) is 11.3 Å². The lowest BCUT2D eigenvalue weighted by Crippen LogP contribution is -2.16. The third-order valence-electron chi connectivity index (χ3n) is 4.34. The van der Waals surface area contributed by atoms with Crippen molar-refractivity contribution in [1.82, 2.24) is 19.7 Å². The molecular formula is C20H18N6O4S2. The highest BCUT2D eigenvalue weighted by atomic mass is 32.2. The lowest BCUT2D eigenvalue weighted by molar-refractivity contribution is 0.599. The number of aryl methyl sites for hydroxylation is 1. The highest BCUT2D eigenvalue weighted by molar-refractivity contribution is 7.93. The van der Waals surface area contributed by atoms with Crippen LogP contribution >= 0.6 is 0 Å². The van der Waals surface area contributed by atoms with Crippen LogP contribution in [-0.4, -0.2) is 36.6 Å². The predicted octanol–water partition coefficient (Wildman–Crippen LogP) is 2.48. The van der Waals surface area contributed by atoms with E-state index in [2.05, 4.69) is 24.5 Å². The Morgan fingerprint density at radius 3 is 2.09 bits per heavy atom. The summed E-state index contributed by atoms with van der Waals surface area (Å²) in [6, 6.07) is 15.8. The van der Waals surface area contributed by atoms with Crippen molar-refractivity contribution < 1.29 is 16.8 Å². The largest absolute Gasteiger partial charge is 0.280 e. The lowest BCUT2D eigenvalue weighted by atomic mass is 10.2. The molecule has 2 aromatic heterocycles. The molecule has 0 fully saturated rings. The summed E-state index contributed by atoms with van der Waals surface area (Å²) in [5, 5.41) is 4.27. The van der Waals surface area contributed by atoms with Crippen LogP contribution in [0.2, 0.25) is 0 Å². The molecule has 4 rings (SSSR count). The second kappa shape index (κ2) is 8.40. The Hall–Kier alpha value is -3.77. The van der Waals surface area contributed by atoms with Crippen LogP contribution in [0.1, 0.15) is 0 Å². The van der Waals surface area contributed by atoms with E-state index in [-0.39, 0.29) is 21.4 Å². The normalized spacial score (nSPS) is 11.8. The fourth-order valence-electron chi connectivity index (χ4n) is 2.90. The standard InChI is InChI=1S/C20H18N6O4S2/c1-26-14-18(19(23-26)15-6-3-2-4-7-15)32(29,30)24-16-8-10-17(11-9-16)31(27,28)25-20-21-12-5-13-22-20/h2-14,24H,1H3,(H,21,22,25). The van der Waals surface area contributed by atoms with Crippen molar-refractivity contribution in [1.29, 1.82) is 0 Å². The minimum Gasteiger partial charge on any atom is -0.280 e. The van der Waals surface area contributed by atoms with Gasteiger partial charge in [0.15, 0.2) is 0 Å². The SMILES string of the molecule is Cn1cc(S(=O)(=O)Nc2ccc(S(=O)(=O)Nc3ncccn3)cc2)c(-c2ccccc2)n1. The molecule has 0 radical (unpaired) electrons. The molecule has 4 aromatic rings. The fourth-order valence-corrected chi connectivity index (χ4v) is 5.12. The lowest BCUT2D eigenvalue weighted by Gasteiger charge is -2.10. The molecule has 164 valence electrons. The molecule has 10 nitrogen and oxygen atoms in total. The molecule has 0 saturated heterocycles. The molecule has 2 N–H and O–H groups in total. The average molecular weight is 471 g/mol. The molecule has 0 amide bonds. The van der Waals surface area contributed by atoms with E-state index in [1.807, 2.05) is 6.07 Å². The Labute approximate surface area is 185 Å². The van der Waals surface area contributed by atoms with Crippen LogP contribution in [0.15, 0.2) is 89.0 Å². The predicted molar refractivity (Wildman–Crippen MR) is 119 cm³/mol. The van der Waals surface area contributed by atoms with E-state index in [0.29, 0.717) is 11.3 Å². The minimum atomic E-state index is -3.99. The molecule has 0 aliphatic carbocycles. The van der Waals surface area contributed by atoms with Gasteiger partial charge in [-0.15, -0.1) is 0 Å². The zero-order valence-corrected chi connectivity index (χ0v) is 18.4. The Morgan fingerprint density at radius 1 is 0.781 bits per heavy atom. The van der Waals surface area contributed by atoms with Crippen LogP contribution in [0.5, 0.6) is 0 Å². The smallest absolute Gasteiger partial charge is 0.265 e. The molecule has 12 heteroatoms. The molecule has 0 atom stereocenters. The molecule has 32 heavy (non-hydrogen) atoms. The van der Waals surface area contributed by atoms with E-state index < -0.39 is 20.0 Å². The van der Waals surface area contributed by atoms with E-state index in [0.717, 1.165) is 0 Å². The van der Waals surface area contributed by atoms with Gasteiger partial charge in [0, 0.05) is 36.9 Å². The second-order valence-electron chi connectivity index (χ2n) is 6.69. The Bertz CT molecular complexity index is 1440. The van der Waals surface area contributed by atoms with Crippen LogP contribution in [0, 0.1) is 0 Å². The van der Waals surface area contributed by atoms with Gasteiger partial charge in [0.2, 0.25) is 5.95 Å². The monoisotopic (exact) mass is 470 g/mol. The van der Waals surface area contributed by atoms with E-state index in [1.165, 1.54) is 47.5 Å². The van der Waals surface area contributed by atoms with Gasteiger partial charge in [0.1, 0.15) is 10.6 Å².